The Hall–Kier alpha value is -2.85. The summed E-state index contributed by atoms with van der Waals surface area (Å²) in [4.78, 5) is 21.3. The van der Waals surface area contributed by atoms with Crippen LogP contribution in [0.25, 0.3) is 0 Å². The first-order chi connectivity index (χ1) is 15.8. The van der Waals surface area contributed by atoms with Crippen LogP contribution in [0.2, 0.25) is 0 Å². The van der Waals surface area contributed by atoms with Crippen molar-refractivity contribution >= 4 is 21.7 Å². The SMILES string of the molecule is CCCC(C)NS(=O)(=O)c1ccc(N2CCN(C(=O)c3ccc(OC)cc3OC)CC2)nc1. The molecule has 1 N–H and O–H groups in total. The maximum absolute atomic E-state index is 13.0. The summed E-state index contributed by atoms with van der Waals surface area (Å²) in [7, 11) is -0.505. The zero-order valence-electron chi connectivity index (χ0n) is 19.6. The van der Waals surface area contributed by atoms with Crippen LogP contribution in [0.4, 0.5) is 5.82 Å². The number of carbonyl (C=O) groups excluding carboxylic acids is 1. The van der Waals surface area contributed by atoms with E-state index in [4.69, 9.17) is 9.47 Å². The van der Waals surface area contributed by atoms with Gasteiger partial charge >= 0.3 is 0 Å². The normalized spacial score (nSPS) is 15.3. The molecule has 1 aliphatic heterocycles. The molecule has 3 rings (SSSR count). The summed E-state index contributed by atoms with van der Waals surface area (Å²) in [6.45, 7) is 6.09. The third-order valence-corrected chi connectivity index (χ3v) is 7.21. The molecule has 180 valence electrons. The van der Waals surface area contributed by atoms with E-state index in [1.165, 1.54) is 13.3 Å². The highest BCUT2D eigenvalue weighted by Gasteiger charge is 2.25. The molecular formula is C23H32N4O5S. The molecule has 1 atom stereocenters. The minimum atomic E-state index is -3.60. The van der Waals surface area contributed by atoms with E-state index in [1.54, 1.807) is 42.3 Å². The number of nitrogens with zero attached hydrogens (tertiary/aromatic N) is 3. The Balaban J connectivity index is 1.62. The van der Waals surface area contributed by atoms with Gasteiger partial charge in [0.25, 0.3) is 5.91 Å². The van der Waals surface area contributed by atoms with E-state index in [2.05, 4.69) is 9.71 Å². The van der Waals surface area contributed by atoms with E-state index in [0.29, 0.717) is 49.1 Å². The summed E-state index contributed by atoms with van der Waals surface area (Å²) in [5, 5.41) is 0. The molecule has 10 heteroatoms. The Morgan fingerprint density at radius 1 is 1.12 bits per heavy atom. The van der Waals surface area contributed by atoms with Gasteiger partial charge < -0.3 is 19.3 Å². The Kier molecular flexibility index (Phi) is 8.15. The first-order valence-corrected chi connectivity index (χ1v) is 12.5. The fraction of sp³-hybridized carbons (Fsp3) is 0.478. The van der Waals surface area contributed by atoms with E-state index in [0.717, 1.165) is 12.8 Å². The van der Waals surface area contributed by atoms with E-state index >= 15 is 0 Å². The van der Waals surface area contributed by atoms with E-state index < -0.39 is 10.0 Å². The highest BCUT2D eigenvalue weighted by atomic mass is 32.2. The summed E-state index contributed by atoms with van der Waals surface area (Å²) in [6.07, 6.45) is 3.06. The second-order valence-corrected chi connectivity index (χ2v) is 9.72. The van der Waals surface area contributed by atoms with Crippen LogP contribution in [-0.2, 0) is 10.0 Å². The standard InChI is InChI=1S/C23H32N4O5S/c1-5-6-17(2)25-33(29,30)19-8-10-22(24-16-19)26-11-13-27(14-12-26)23(28)20-9-7-18(31-3)15-21(20)32-4/h7-10,15-17,25H,5-6,11-14H2,1-4H3. The molecule has 1 aromatic heterocycles. The van der Waals surface area contributed by atoms with Crippen LogP contribution < -0.4 is 19.1 Å². The summed E-state index contributed by atoms with van der Waals surface area (Å²) in [6, 6.07) is 8.30. The fourth-order valence-corrected chi connectivity index (χ4v) is 5.05. The molecule has 0 spiro atoms. The van der Waals surface area contributed by atoms with Crippen molar-refractivity contribution in [1.29, 1.82) is 0 Å². The lowest BCUT2D eigenvalue weighted by Crippen LogP contribution is -2.49. The molecule has 2 heterocycles. The predicted molar refractivity (Wildman–Crippen MR) is 127 cm³/mol. The molecule has 33 heavy (non-hydrogen) atoms. The number of amides is 1. The number of hydrogen-bond acceptors (Lipinski definition) is 7. The van der Waals surface area contributed by atoms with Gasteiger partial charge in [0.05, 0.1) is 19.8 Å². The van der Waals surface area contributed by atoms with Crippen LogP contribution in [0.15, 0.2) is 41.4 Å². The van der Waals surface area contributed by atoms with Crippen LogP contribution in [0, 0.1) is 0 Å². The lowest BCUT2D eigenvalue weighted by atomic mass is 10.1. The largest absolute Gasteiger partial charge is 0.497 e. The zero-order chi connectivity index (χ0) is 24.0. The first kappa shape index (κ1) is 24.8. The van der Waals surface area contributed by atoms with Crippen LogP contribution in [0.1, 0.15) is 37.0 Å². The number of methoxy groups -OCH3 is 2. The number of sulfonamides is 1. The molecule has 1 aromatic carbocycles. The number of benzene rings is 1. The van der Waals surface area contributed by atoms with E-state index in [9.17, 15) is 13.2 Å². The number of aromatic nitrogens is 1. The van der Waals surface area contributed by atoms with Crippen LogP contribution in [0.3, 0.4) is 0 Å². The highest BCUT2D eigenvalue weighted by molar-refractivity contribution is 7.89. The van der Waals surface area contributed by atoms with Gasteiger partial charge in [-0.1, -0.05) is 13.3 Å². The summed E-state index contributed by atoms with van der Waals surface area (Å²) < 4.78 is 38.3. The second-order valence-electron chi connectivity index (χ2n) is 8.01. The van der Waals surface area contributed by atoms with Gasteiger partial charge in [-0.3, -0.25) is 4.79 Å². The smallest absolute Gasteiger partial charge is 0.257 e. The Labute approximate surface area is 195 Å². The van der Waals surface area contributed by atoms with E-state index in [1.807, 2.05) is 18.7 Å². The second kappa shape index (κ2) is 10.8. The van der Waals surface area contributed by atoms with Gasteiger partial charge in [-0.2, -0.15) is 0 Å². The third-order valence-electron chi connectivity index (χ3n) is 5.64. The molecule has 0 saturated carbocycles. The fourth-order valence-electron chi connectivity index (χ4n) is 3.83. The van der Waals surface area contributed by atoms with Gasteiger partial charge in [0.1, 0.15) is 22.2 Å². The number of piperazine rings is 1. The lowest BCUT2D eigenvalue weighted by molar-refractivity contribution is 0.0743. The van der Waals surface area contributed by atoms with E-state index in [-0.39, 0.29) is 16.8 Å². The third kappa shape index (κ3) is 5.94. The van der Waals surface area contributed by atoms with Gasteiger partial charge in [0.2, 0.25) is 10.0 Å². The van der Waals surface area contributed by atoms with Crippen molar-refractivity contribution in [1.82, 2.24) is 14.6 Å². The van der Waals surface area contributed by atoms with Crippen molar-refractivity contribution in [2.75, 3.05) is 45.3 Å². The van der Waals surface area contributed by atoms with Gasteiger partial charge in [0, 0.05) is 44.5 Å². The quantitative estimate of drug-likeness (QED) is 0.593. The van der Waals surface area contributed by atoms with Crippen molar-refractivity contribution in [2.45, 2.75) is 37.6 Å². The van der Waals surface area contributed by atoms with Crippen LogP contribution >= 0.6 is 0 Å². The number of rotatable bonds is 9. The van der Waals surface area contributed by atoms with Gasteiger partial charge in [-0.15, -0.1) is 0 Å². The number of anilines is 1. The Bertz CT molecular complexity index is 1050. The molecule has 1 fully saturated rings. The van der Waals surface area contributed by atoms with Gasteiger partial charge in [-0.25, -0.2) is 18.1 Å². The predicted octanol–water partition coefficient (Wildman–Crippen LogP) is 2.53. The minimum absolute atomic E-state index is 0.101. The maximum Gasteiger partial charge on any atom is 0.257 e. The summed E-state index contributed by atoms with van der Waals surface area (Å²) in [5.41, 5.74) is 0.490. The van der Waals surface area contributed by atoms with Crippen LogP contribution in [-0.4, -0.2) is 70.6 Å². The molecule has 9 nitrogen and oxygen atoms in total. The minimum Gasteiger partial charge on any atom is -0.497 e. The molecule has 0 radical (unpaired) electrons. The molecule has 2 aromatic rings. The monoisotopic (exact) mass is 476 g/mol. The molecule has 0 bridgehead atoms. The topological polar surface area (TPSA) is 101 Å². The number of nitrogens with one attached hydrogen (secondary N) is 1. The zero-order valence-corrected chi connectivity index (χ0v) is 20.4. The first-order valence-electron chi connectivity index (χ1n) is 11.0. The van der Waals surface area contributed by atoms with Crippen molar-refractivity contribution in [2.24, 2.45) is 0 Å². The Morgan fingerprint density at radius 3 is 2.42 bits per heavy atom. The van der Waals surface area contributed by atoms with Crippen molar-refractivity contribution in [3.63, 3.8) is 0 Å². The maximum atomic E-state index is 13.0. The van der Waals surface area contributed by atoms with Crippen molar-refractivity contribution < 1.29 is 22.7 Å². The Morgan fingerprint density at radius 2 is 1.85 bits per heavy atom. The van der Waals surface area contributed by atoms with Gasteiger partial charge in [-0.05, 0) is 37.6 Å². The number of hydrogen-bond donors (Lipinski definition) is 1. The number of ether oxygens (including phenoxy) is 2. The number of carbonyl (C=O) groups is 1. The molecule has 1 amide bonds. The highest BCUT2D eigenvalue weighted by Crippen LogP contribution is 2.26. The molecule has 1 saturated heterocycles. The van der Waals surface area contributed by atoms with Gasteiger partial charge in [0.15, 0.2) is 0 Å². The van der Waals surface area contributed by atoms with Crippen molar-refractivity contribution in [3.8, 4) is 11.5 Å². The van der Waals surface area contributed by atoms with Crippen molar-refractivity contribution in [3.05, 3.63) is 42.1 Å². The molecule has 1 unspecified atom stereocenters. The summed E-state index contributed by atoms with van der Waals surface area (Å²) >= 11 is 0. The average molecular weight is 477 g/mol. The summed E-state index contributed by atoms with van der Waals surface area (Å²) in [5.74, 6) is 1.68. The molecular weight excluding hydrogens is 444 g/mol. The number of pyridine rings is 1. The molecule has 1 aliphatic rings. The lowest BCUT2D eigenvalue weighted by Gasteiger charge is -2.35. The van der Waals surface area contributed by atoms with Crippen LogP contribution in [0.5, 0.6) is 11.5 Å². The average Bonchev–Trinajstić information content (AvgIpc) is 2.83. The molecule has 0 aliphatic carbocycles.